The molecule has 1 aromatic rings. The van der Waals surface area contributed by atoms with Crippen LogP contribution in [0.5, 0.6) is 0 Å². The molecule has 1 amide bonds. The van der Waals surface area contributed by atoms with Crippen LogP contribution in [-0.2, 0) is 11.2 Å². The summed E-state index contributed by atoms with van der Waals surface area (Å²) < 4.78 is 5.45. The molecule has 0 bridgehead atoms. The maximum atomic E-state index is 12.3. The molecule has 0 aromatic carbocycles. The monoisotopic (exact) mass is 334 g/mol. The van der Waals surface area contributed by atoms with Crippen molar-refractivity contribution in [2.45, 2.75) is 45.6 Å². The number of carbonyl (C=O) groups excluding carboxylic acids is 1. The van der Waals surface area contributed by atoms with Gasteiger partial charge in [0, 0.05) is 38.0 Å². The fourth-order valence-electron chi connectivity index (χ4n) is 3.63. The molecule has 6 heteroatoms. The van der Waals surface area contributed by atoms with Crippen molar-refractivity contribution in [1.82, 2.24) is 20.4 Å². The summed E-state index contributed by atoms with van der Waals surface area (Å²) in [6.45, 7) is 9.39. The zero-order chi connectivity index (χ0) is 16.9. The Bertz CT molecular complexity index is 529. The first-order valence-electron chi connectivity index (χ1n) is 9.25. The van der Waals surface area contributed by atoms with Gasteiger partial charge in [-0.25, -0.2) is 0 Å². The molecule has 0 spiro atoms. The second-order valence-electron chi connectivity index (χ2n) is 7.65. The summed E-state index contributed by atoms with van der Waals surface area (Å²) in [7, 11) is 0. The van der Waals surface area contributed by atoms with E-state index in [0.29, 0.717) is 17.5 Å². The number of aromatic nitrogens is 2. The molecule has 1 atom stereocenters. The van der Waals surface area contributed by atoms with E-state index in [1.165, 1.54) is 6.42 Å². The number of likely N-dealkylation sites (tertiary alicyclic amines) is 1. The minimum atomic E-state index is -0.0519. The Morgan fingerprint density at radius 1 is 1.42 bits per heavy atom. The fourth-order valence-corrected chi connectivity index (χ4v) is 3.63. The van der Waals surface area contributed by atoms with Crippen LogP contribution < -0.4 is 5.32 Å². The van der Waals surface area contributed by atoms with Crippen LogP contribution in [0.4, 0.5) is 0 Å². The van der Waals surface area contributed by atoms with Crippen LogP contribution in [0.1, 0.15) is 49.3 Å². The summed E-state index contributed by atoms with van der Waals surface area (Å²) in [6, 6.07) is 2.14. The van der Waals surface area contributed by atoms with Crippen molar-refractivity contribution in [1.29, 1.82) is 0 Å². The Morgan fingerprint density at radius 3 is 2.88 bits per heavy atom. The number of H-pyrrole nitrogens is 1. The summed E-state index contributed by atoms with van der Waals surface area (Å²) in [5.74, 6) is 1.19. The van der Waals surface area contributed by atoms with Crippen molar-refractivity contribution < 1.29 is 9.53 Å². The van der Waals surface area contributed by atoms with Gasteiger partial charge >= 0.3 is 0 Å². The van der Waals surface area contributed by atoms with Gasteiger partial charge in [-0.1, -0.05) is 13.8 Å². The minimum absolute atomic E-state index is 0.0519. The molecule has 2 saturated heterocycles. The first kappa shape index (κ1) is 17.4. The number of rotatable bonds is 6. The Hall–Kier alpha value is -1.40. The zero-order valence-electron chi connectivity index (χ0n) is 14.9. The van der Waals surface area contributed by atoms with E-state index >= 15 is 0 Å². The maximum absolute atomic E-state index is 12.3. The van der Waals surface area contributed by atoms with Crippen molar-refractivity contribution in [3.63, 3.8) is 0 Å². The Balaban J connectivity index is 1.42. The standard InChI is InChI=1S/C18H30N4O2/c1-13(2)9-16-10-17(21-20-16)18(23)19-15-3-6-22(7-4-15)11-14-5-8-24-12-14/h10,13-15H,3-9,11-12H2,1-2H3,(H,19,23)(H,20,21)/t14-/m1/s1. The van der Waals surface area contributed by atoms with E-state index in [1.54, 1.807) is 0 Å². The molecular formula is C18H30N4O2. The van der Waals surface area contributed by atoms with Gasteiger partial charge in [0.25, 0.3) is 5.91 Å². The summed E-state index contributed by atoms with van der Waals surface area (Å²) >= 11 is 0. The van der Waals surface area contributed by atoms with Gasteiger partial charge in [-0.2, -0.15) is 5.10 Å². The quantitative estimate of drug-likeness (QED) is 0.833. The van der Waals surface area contributed by atoms with Gasteiger partial charge in [-0.05, 0) is 43.6 Å². The van der Waals surface area contributed by atoms with E-state index in [1.807, 2.05) is 6.07 Å². The molecule has 3 heterocycles. The lowest BCUT2D eigenvalue weighted by Crippen LogP contribution is -2.45. The molecule has 0 unspecified atom stereocenters. The Kier molecular flexibility index (Phi) is 5.89. The van der Waals surface area contributed by atoms with Gasteiger partial charge in [0.05, 0.1) is 6.61 Å². The van der Waals surface area contributed by atoms with Gasteiger partial charge in [-0.3, -0.25) is 9.89 Å². The average molecular weight is 334 g/mol. The second-order valence-corrected chi connectivity index (χ2v) is 7.65. The lowest BCUT2D eigenvalue weighted by atomic mass is 10.0. The van der Waals surface area contributed by atoms with Crippen LogP contribution in [0.3, 0.4) is 0 Å². The molecule has 2 fully saturated rings. The van der Waals surface area contributed by atoms with Crippen LogP contribution in [0, 0.1) is 11.8 Å². The molecule has 0 saturated carbocycles. The first-order chi connectivity index (χ1) is 11.6. The van der Waals surface area contributed by atoms with E-state index in [2.05, 4.69) is 34.3 Å². The summed E-state index contributed by atoms with van der Waals surface area (Å²) in [5, 5.41) is 10.3. The van der Waals surface area contributed by atoms with Gasteiger partial charge in [0.1, 0.15) is 5.69 Å². The molecule has 3 rings (SSSR count). The predicted molar refractivity (Wildman–Crippen MR) is 93.0 cm³/mol. The third-order valence-electron chi connectivity index (χ3n) is 4.95. The Labute approximate surface area is 144 Å². The summed E-state index contributed by atoms with van der Waals surface area (Å²) in [5.41, 5.74) is 1.54. The van der Waals surface area contributed by atoms with Gasteiger partial charge < -0.3 is 15.0 Å². The molecule has 2 aliphatic heterocycles. The number of nitrogens with one attached hydrogen (secondary N) is 2. The highest BCUT2D eigenvalue weighted by atomic mass is 16.5. The number of nitrogens with zero attached hydrogens (tertiary/aromatic N) is 2. The van der Waals surface area contributed by atoms with Gasteiger partial charge in [-0.15, -0.1) is 0 Å². The second kappa shape index (κ2) is 8.12. The molecule has 134 valence electrons. The fraction of sp³-hybridized carbons (Fsp3) is 0.778. The van der Waals surface area contributed by atoms with Crippen LogP contribution in [0.2, 0.25) is 0 Å². The molecule has 2 N–H and O–H groups in total. The lowest BCUT2D eigenvalue weighted by Gasteiger charge is -2.33. The van der Waals surface area contributed by atoms with E-state index in [9.17, 15) is 4.79 Å². The van der Waals surface area contributed by atoms with Crippen molar-refractivity contribution in [2.24, 2.45) is 11.8 Å². The summed E-state index contributed by atoms with van der Waals surface area (Å²) in [6.07, 6.45) is 4.14. The van der Waals surface area contributed by atoms with E-state index in [0.717, 1.165) is 57.8 Å². The first-order valence-corrected chi connectivity index (χ1v) is 9.25. The molecule has 24 heavy (non-hydrogen) atoms. The Morgan fingerprint density at radius 2 is 2.21 bits per heavy atom. The number of hydrogen-bond acceptors (Lipinski definition) is 4. The number of piperidine rings is 1. The molecule has 0 radical (unpaired) electrons. The zero-order valence-corrected chi connectivity index (χ0v) is 14.9. The SMILES string of the molecule is CC(C)Cc1cc(C(=O)NC2CCN(C[C@H]3CCOC3)CC2)n[nH]1. The molecule has 2 aliphatic rings. The van der Waals surface area contributed by atoms with Crippen molar-refractivity contribution in [3.05, 3.63) is 17.5 Å². The van der Waals surface area contributed by atoms with Crippen molar-refractivity contribution in [2.75, 3.05) is 32.8 Å². The number of aromatic amines is 1. The predicted octanol–water partition coefficient (Wildman–Crippen LogP) is 1.84. The van der Waals surface area contributed by atoms with Gasteiger partial charge in [0.2, 0.25) is 0 Å². The minimum Gasteiger partial charge on any atom is -0.381 e. The lowest BCUT2D eigenvalue weighted by molar-refractivity contribution is 0.0898. The topological polar surface area (TPSA) is 70.2 Å². The third kappa shape index (κ3) is 4.80. The average Bonchev–Trinajstić information content (AvgIpc) is 3.20. The highest BCUT2D eigenvalue weighted by Crippen LogP contribution is 2.18. The number of hydrogen-bond donors (Lipinski definition) is 2. The van der Waals surface area contributed by atoms with Crippen molar-refractivity contribution in [3.8, 4) is 0 Å². The number of ether oxygens (including phenoxy) is 1. The van der Waals surface area contributed by atoms with Gasteiger partial charge in [0.15, 0.2) is 0 Å². The summed E-state index contributed by atoms with van der Waals surface area (Å²) in [4.78, 5) is 14.9. The highest BCUT2D eigenvalue weighted by molar-refractivity contribution is 5.92. The molecule has 0 aliphatic carbocycles. The molecule has 6 nitrogen and oxygen atoms in total. The third-order valence-corrected chi connectivity index (χ3v) is 4.95. The highest BCUT2D eigenvalue weighted by Gasteiger charge is 2.25. The molecule has 1 aromatic heterocycles. The van der Waals surface area contributed by atoms with E-state index < -0.39 is 0 Å². The van der Waals surface area contributed by atoms with Crippen LogP contribution in [-0.4, -0.2) is 59.9 Å². The number of carbonyl (C=O) groups is 1. The van der Waals surface area contributed by atoms with E-state index in [4.69, 9.17) is 4.74 Å². The number of amides is 1. The maximum Gasteiger partial charge on any atom is 0.271 e. The van der Waals surface area contributed by atoms with Crippen LogP contribution >= 0.6 is 0 Å². The van der Waals surface area contributed by atoms with Crippen LogP contribution in [0.25, 0.3) is 0 Å². The van der Waals surface area contributed by atoms with Crippen LogP contribution in [0.15, 0.2) is 6.07 Å². The largest absolute Gasteiger partial charge is 0.381 e. The smallest absolute Gasteiger partial charge is 0.271 e. The van der Waals surface area contributed by atoms with Crippen molar-refractivity contribution >= 4 is 5.91 Å². The molecular weight excluding hydrogens is 304 g/mol. The van der Waals surface area contributed by atoms with E-state index in [-0.39, 0.29) is 11.9 Å². The normalized spacial score (nSPS) is 23.0.